The average molecular weight is 302 g/mol. The van der Waals surface area contributed by atoms with E-state index in [0.29, 0.717) is 5.92 Å². The van der Waals surface area contributed by atoms with Crippen molar-refractivity contribution < 1.29 is 4.79 Å². The van der Waals surface area contributed by atoms with Gasteiger partial charge in [-0.1, -0.05) is 32.0 Å². The van der Waals surface area contributed by atoms with Crippen LogP contribution in [-0.4, -0.2) is 6.03 Å². The predicted octanol–water partition coefficient (Wildman–Crippen LogP) is 4.88. The van der Waals surface area contributed by atoms with Gasteiger partial charge >= 0.3 is 6.03 Å². The minimum Gasteiger partial charge on any atom is -0.330 e. The van der Waals surface area contributed by atoms with Crippen LogP contribution in [0, 0.1) is 19.8 Å². The van der Waals surface area contributed by atoms with Gasteiger partial charge in [-0.2, -0.15) is 0 Å². The van der Waals surface area contributed by atoms with Gasteiger partial charge in [-0.05, 0) is 48.4 Å². The third-order valence-corrected chi connectivity index (χ3v) is 4.61. The van der Waals surface area contributed by atoms with Crippen molar-refractivity contribution in [1.29, 1.82) is 0 Å². The molecule has 0 saturated heterocycles. The van der Waals surface area contributed by atoms with Crippen LogP contribution in [0.4, 0.5) is 10.5 Å². The van der Waals surface area contributed by atoms with Gasteiger partial charge in [-0.25, -0.2) is 4.79 Å². The van der Waals surface area contributed by atoms with Gasteiger partial charge in [0.2, 0.25) is 0 Å². The van der Waals surface area contributed by atoms with E-state index in [0.717, 1.165) is 11.3 Å². The van der Waals surface area contributed by atoms with Crippen molar-refractivity contribution in [1.82, 2.24) is 5.32 Å². The summed E-state index contributed by atoms with van der Waals surface area (Å²) in [7, 11) is 0. The van der Waals surface area contributed by atoms with E-state index in [1.807, 2.05) is 43.5 Å². The fraction of sp³-hybridized carbons (Fsp3) is 0.353. The molecule has 2 aromatic rings. The molecule has 1 unspecified atom stereocenters. The molecule has 0 aliphatic heterocycles. The first kappa shape index (κ1) is 15.6. The number of amides is 2. The monoisotopic (exact) mass is 302 g/mol. The van der Waals surface area contributed by atoms with Gasteiger partial charge in [-0.3, -0.25) is 0 Å². The largest absolute Gasteiger partial charge is 0.330 e. The van der Waals surface area contributed by atoms with Gasteiger partial charge in [0.25, 0.3) is 0 Å². The van der Waals surface area contributed by atoms with Crippen LogP contribution in [0.5, 0.6) is 0 Å². The Morgan fingerprint density at radius 1 is 1.14 bits per heavy atom. The lowest BCUT2D eigenvalue weighted by Gasteiger charge is -2.22. The Morgan fingerprint density at radius 3 is 2.52 bits per heavy atom. The number of benzene rings is 1. The molecule has 2 N–H and O–H groups in total. The highest BCUT2D eigenvalue weighted by Gasteiger charge is 2.19. The highest BCUT2D eigenvalue weighted by molar-refractivity contribution is 7.10. The smallest absolute Gasteiger partial charge is 0.319 e. The fourth-order valence-corrected chi connectivity index (χ4v) is 3.17. The normalized spacial score (nSPS) is 12.2. The Kier molecular flexibility index (Phi) is 5.02. The molecule has 0 bridgehead atoms. The number of hydrogen-bond donors (Lipinski definition) is 2. The average Bonchev–Trinajstić information content (AvgIpc) is 2.95. The second-order valence-corrected chi connectivity index (χ2v) is 6.56. The molecule has 0 saturated carbocycles. The van der Waals surface area contributed by atoms with Crippen molar-refractivity contribution in [3.8, 4) is 0 Å². The molecule has 4 heteroatoms. The molecule has 0 spiro atoms. The van der Waals surface area contributed by atoms with Crippen molar-refractivity contribution in [2.45, 2.75) is 33.7 Å². The predicted molar refractivity (Wildman–Crippen MR) is 90.0 cm³/mol. The second-order valence-electron chi connectivity index (χ2n) is 5.58. The summed E-state index contributed by atoms with van der Waals surface area (Å²) in [5.74, 6) is 0.341. The molecule has 112 valence electrons. The summed E-state index contributed by atoms with van der Waals surface area (Å²) in [6.07, 6.45) is 0. The molecule has 0 aliphatic carbocycles. The van der Waals surface area contributed by atoms with Crippen molar-refractivity contribution in [3.63, 3.8) is 0 Å². The van der Waals surface area contributed by atoms with E-state index < -0.39 is 0 Å². The molecule has 1 aromatic carbocycles. The van der Waals surface area contributed by atoms with Crippen LogP contribution in [0.3, 0.4) is 0 Å². The van der Waals surface area contributed by atoms with Gasteiger partial charge in [0, 0.05) is 10.6 Å². The molecular weight excluding hydrogens is 280 g/mol. The SMILES string of the molecule is Cc1cccc(NC(=O)NC(c2cccs2)C(C)C)c1C. The quantitative estimate of drug-likeness (QED) is 0.830. The third-order valence-electron chi connectivity index (χ3n) is 3.66. The molecule has 0 radical (unpaired) electrons. The number of thiophene rings is 1. The first-order valence-electron chi connectivity index (χ1n) is 7.16. The second kappa shape index (κ2) is 6.76. The van der Waals surface area contributed by atoms with Crippen molar-refractivity contribution in [2.75, 3.05) is 5.32 Å². The molecule has 0 fully saturated rings. The number of carbonyl (C=O) groups excluding carboxylic acids is 1. The first-order chi connectivity index (χ1) is 9.99. The van der Waals surface area contributed by atoms with E-state index in [1.165, 1.54) is 10.4 Å². The number of nitrogens with one attached hydrogen (secondary N) is 2. The molecule has 2 amide bonds. The summed E-state index contributed by atoms with van der Waals surface area (Å²) in [5.41, 5.74) is 3.14. The summed E-state index contributed by atoms with van der Waals surface area (Å²) in [5, 5.41) is 8.06. The highest BCUT2D eigenvalue weighted by Crippen LogP contribution is 2.26. The van der Waals surface area contributed by atoms with Gasteiger partial charge in [0.15, 0.2) is 0 Å². The van der Waals surface area contributed by atoms with Gasteiger partial charge in [-0.15, -0.1) is 11.3 Å². The van der Waals surface area contributed by atoms with E-state index in [1.54, 1.807) is 11.3 Å². The minimum absolute atomic E-state index is 0.0371. The van der Waals surface area contributed by atoms with Crippen molar-refractivity contribution in [3.05, 3.63) is 51.7 Å². The van der Waals surface area contributed by atoms with Crippen LogP contribution in [-0.2, 0) is 0 Å². The standard InChI is InChI=1S/C17H22N2OS/c1-11(2)16(15-9-6-10-21-15)19-17(20)18-14-8-5-7-12(3)13(14)4/h5-11,16H,1-4H3,(H2,18,19,20). The maximum absolute atomic E-state index is 12.3. The Labute approximate surface area is 130 Å². The van der Waals surface area contributed by atoms with E-state index in [-0.39, 0.29) is 12.1 Å². The number of rotatable bonds is 4. The number of carbonyl (C=O) groups is 1. The van der Waals surface area contributed by atoms with Crippen LogP contribution < -0.4 is 10.6 Å². The van der Waals surface area contributed by atoms with Gasteiger partial charge in [0.1, 0.15) is 0 Å². The number of urea groups is 1. The van der Waals surface area contributed by atoms with E-state index in [9.17, 15) is 4.79 Å². The number of hydrogen-bond acceptors (Lipinski definition) is 2. The topological polar surface area (TPSA) is 41.1 Å². The molecule has 1 heterocycles. The zero-order valence-corrected chi connectivity index (χ0v) is 13.8. The van der Waals surface area contributed by atoms with Crippen LogP contribution in [0.2, 0.25) is 0 Å². The minimum atomic E-state index is -0.157. The summed E-state index contributed by atoms with van der Waals surface area (Å²) in [4.78, 5) is 13.5. The molecule has 1 aromatic heterocycles. The lowest BCUT2D eigenvalue weighted by Crippen LogP contribution is -2.34. The Bertz CT molecular complexity index is 605. The van der Waals surface area contributed by atoms with Gasteiger partial charge in [0.05, 0.1) is 6.04 Å². The van der Waals surface area contributed by atoms with E-state index in [4.69, 9.17) is 0 Å². The first-order valence-corrected chi connectivity index (χ1v) is 8.04. The summed E-state index contributed by atoms with van der Waals surface area (Å²) in [6, 6.07) is 9.88. The van der Waals surface area contributed by atoms with E-state index >= 15 is 0 Å². The summed E-state index contributed by atoms with van der Waals surface area (Å²) >= 11 is 1.67. The van der Waals surface area contributed by atoms with Crippen molar-refractivity contribution in [2.24, 2.45) is 5.92 Å². The van der Waals surface area contributed by atoms with Crippen LogP contribution in [0.15, 0.2) is 35.7 Å². The summed E-state index contributed by atoms with van der Waals surface area (Å²) in [6.45, 7) is 8.29. The lowest BCUT2D eigenvalue weighted by molar-refractivity contribution is 0.245. The fourth-order valence-electron chi connectivity index (χ4n) is 2.22. The van der Waals surface area contributed by atoms with E-state index in [2.05, 4.69) is 30.5 Å². The molecule has 1 atom stereocenters. The van der Waals surface area contributed by atoms with Crippen LogP contribution in [0.25, 0.3) is 0 Å². The lowest BCUT2D eigenvalue weighted by atomic mass is 10.0. The zero-order chi connectivity index (χ0) is 15.4. The molecule has 21 heavy (non-hydrogen) atoms. The number of anilines is 1. The zero-order valence-electron chi connectivity index (χ0n) is 12.9. The molecule has 3 nitrogen and oxygen atoms in total. The Morgan fingerprint density at radius 2 is 1.90 bits per heavy atom. The maximum atomic E-state index is 12.3. The molecular formula is C17H22N2OS. The summed E-state index contributed by atoms with van der Waals surface area (Å²) < 4.78 is 0. The Balaban J connectivity index is 2.08. The van der Waals surface area contributed by atoms with Crippen LogP contribution in [0.1, 0.15) is 35.9 Å². The maximum Gasteiger partial charge on any atom is 0.319 e. The van der Waals surface area contributed by atoms with Crippen molar-refractivity contribution >= 4 is 23.1 Å². The van der Waals surface area contributed by atoms with Gasteiger partial charge < -0.3 is 10.6 Å². The molecule has 2 rings (SSSR count). The Hall–Kier alpha value is -1.81. The number of aryl methyl sites for hydroxylation is 1. The molecule has 0 aliphatic rings. The van der Waals surface area contributed by atoms with Crippen LogP contribution >= 0.6 is 11.3 Å². The third kappa shape index (κ3) is 3.85. The highest BCUT2D eigenvalue weighted by atomic mass is 32.1.